The Morgan fingerprint density at radius 3 is 2.76 bits per heavy atom. The molecule has 17 heavy (non-hydrogen) atoms. The van der Waals surface area contributed by atoms with Crippen molar-refractivity contribution in [2.24, 2.45) is 5.73 Å². The molecule has 1 saturated heterocycles. The van der Waals surface area contributed by atoms with Crippen LogP contribution in [0.1, 0.15) is 19.8 Å². The van der Waals surface area contributed by atoms with Gasteiger partial charge in [0.15, 0.2) is 9.84 Å². The summed E-state index contributed by atoms with van der Waals surface area (Å²) in [4.78, 5) is 13.5. The van der Waals surface area contributed by atoms with Gasteiger partial charge >= 0.3 is 0 Å². The van der Waals surface area contributed by atoms with Crippen LogP contribution < -0.4 is 5.73 Å². The fourth-order valence-electron chi connectivity index (χ4n) is 1.84. The molecule has 7 heteroatoms. The highest BCUT2D eigenvalue weighted by molar-refractivity contribution is 8.00. The number of sulfone groups is 1. The van der Waals surface area contributed by atoms with E-state index in [-0.39, 0.29) is 5.91 Å². The molecule has 2 N–H and O–H groups in total. The van der Waals surface area contributed by atoms with Crippen molar-refractivity contribution in [3.63, 3.8) is 0 Å². The number of amides is 1. The van der Waals surface area contributed by atoms with Crippen LogP contribution in [0.2, 0.25) is 0 Å². The summed E-state index contributed by atoms with van der Waals surface area (Å²) < 4.78 is 23.3. The molecule has 0 aliphatic carbocycles. The molecule has 1 amide bonds. The molecular weight excluding hydrogens is 260 g/mol. The summed E-state index contributed by atoms with van der Waals surface area (Å²) >= 11 is 1.56. The van der Waals surface area contributed by atoms with Gasteiger partial charge in [0.1, 0.15) is 5.37 Å². The molecule has 1 unspecified atom stereocenters. The van der Waals surface area contributed by atoms with E-state index in [2.05, 4.69) is 0 Å². The minimum atomic E-state index is -3.24. The van der Waals surface area contributed by atoms with Gasteiger partial charge in [-0.3, -0.25) is 4.79 Å². The van der Waals surface area contributed by atoms with Crippen LogP contribution in [-0.2, 0) is 14.6 Å². The van der Waals surface area contributed by atoms with Crippen molar-refractivity contribution in [3.05, 3.63) is 0 Å². The summed E-state index contributed by atoms with van der Waals surface area (Å²) in [6, 6.07) is -0.577. The Morgan fingerprint density at radius 1 is 1.59 bits per heavy atom. The highest BCUT2D eigenvalue weighted by Gasteiger charge is 2.35. The van der Waals surface area contributed by atoms with Gasteiger partial charge in [-0.05, 0) is 6.42 Å². The lowest BCUT2D eigenvalue weighted by Crippen LogP contribution is -2.54. The van der Waals surface area contributed by atoms with Crippen LogP contribution >= 0.6 is 11.8 Å². The molecule has 0 aromatic rings. The second-order valence-electron chi connectivity index (χ2n) is 4.29. The second kappa shape index (κ2) is 6.06. The van der Waals surface area contributed by atoms with Crippen LogP contribution in [0.15, 0.2) is 0 Å². The molecule has 5 nitrogen and oxygen atoms in total. The van der Waals surface area contributed by atoms with Crippen molar-refractivity contribution in [3.8, 4) is 0 Å². The van der Waals surface area contributed by atoms with Crippen molar-refractivity contribution in [1.82, 2.24) is 4.90 Å². The molecule has 1 aliphatic heterocycles. The Balaban J connectivity index is 2.81. The number of nitrogens with two attached hydrogens (primary N) is 1. The Kier molecular flexibility index (Phi) is 5.27. The predicted molar refractivity (Wildman–Crippen MR) is 70.6 cm³/mol. The van der Waals surface area contributed by atoms with Crippen LogP contribution in [0.4, 0.5) is 0 Å². The first-order valence-corrected chi connectivity index (χ1v) is 8.81. The lowest BCUT2D eigenvalue weighted by atomic mass is 10.1. The van der Waals surface area contributed by atoms with E-state index in [0.29, 0.717) is 18.7 Å². The Bertz CT molecular complexity index is 370. The van der Waals surface area contributed by atoms with Crippen molar-refractivity contribution < 1.29 is 13.2 Å². The summed E-state index contributed by atoms with van der Waals surface area (Å²) in [7, 11) is -3.24. The quantitative estimate of drug-likeness (QED) is 0.787. The molecule has 1 rings (SSSR count). The maximum absolute atomic E-state index is 12.1. The summed E-state index contributed by atoms with van der Waals surface area (Å²) in [5, 5.41) is -0.711. The van der Waals surface area contributed by atoms with Gasteiger partial charge in [0.25, 0.3) is 0 Å². The first-order chi connectivity index (χ1) is 7.88. The minimum absolute atomic E-state index is 0.234. The van der Waals surface area contributed by atoms with Crippen LogP contribution in [0, 0.1) is 0 Å². The monoisotopic (exact) mass is 280 g/mol. The van der Waals surface area contributed by atoms with Gasteiger partial charge in [0, 0.05) is 24.3 Å². The van der Waals surface area contributed by atoms with E-state index < -0.39 is 21.3 Å². The van der Waals surface area contributed by atoms with Gasteiger partial charge in [-0.2, -0.15) is 11.8 Å². The highest BCUT2D eigenvalue weighted by Crippen LogP contribution is 2.21. The smallest absolute Gasteiger partial charge is 0.240 e. The van der Waals surface area contributed by atoms with E-state index in [1.165, 1.54) is 11.2 Å². The zero-order valence-corrected chi connectivity index (χ0v) is 11.9. The van der Waals surface area contributed by atoms with Gasteiger partial charge in [-0.1, -0.05) is 13.3 Å². The summed E-state index contributed by atoms with van der Waals surface area (Å²) in [5.41, 5.74) is 5.77. The Labute approximate surface area is 107 Å². The van der Waals surface area contributed by atoms with Crippen molar-refractivity contribution in [2.45, 2.75) is 31.2 Å². The predicted octanol–water partition coefficient (Wildman–Crippen LogP) is 0.0599. The van der Waals surface area contributed by atoms with Gasteiger partial charge < -0.3 is 10.6 Å². The molecular formula is C10H20N2O3S2. The molecule has 0 saturated carbocycles. The average Bonchev–Trinajstić information content (AvgIpc) is 2.27. The topological polar surface area (TPSA) is 80.5 Å². The summed E-state index contributed by atoms with van der Waals surface area (Å²) in [6.07, 6.45) is 2.59. The third kappa shape index (κ3) is 3.86. The molecule has 0 aromatic heterocycles. The van der Waals surface area contributed by atoms with E-state index in [1.807, 2.05) is 6.92 Å². The van der Waals surface area contributed by atoms with Crippen molar-refractivity contribution in [1.29, 1.82) is 0 Å². The van der Waals surface area contributed by atoms with Crippen molar-refractivity contribution >= 4 is 27.5 Å². The third-order valence-electron chi connectivity index (χ3n) is 2.78. The average molecular weight is 280 g/mol. The Hall–Kier alpha value is -0.270. The minimum Gasteiger partial charge on any atom is -0.323 e. The molecule has 1 heterocycles. The fraction of sp³-hybridized carbons (Fsp3) is 0.900. The van der Waals surface area contributed by atoms with Gasteiger partial charge in [0.2, 0.25) is 5.91 Å². The molecule has 1 aliphatic rings. The molecule has 0 bridgehead atoms. The highest BCUT2D eigenvalue weighted by atomic mass is 32.2. The molecule has 1 fully saturated rings. The first-order valence-electron chi connectivity index (χ1n) is 5.70. The van der Waals surface area contributed by atoms with E-state index in [1.54, 1.807) is 11.8 Å². The molecule has 100 valence electrons. The fourth-order valence-corrected chi connectivity index (χ4v) is 4.66. The van der Waals surface area contributed by atoms with E-state index in [0.717, 1.165) is 12.2 Å². The van der Waals surface area contributed by atoms with E-state index in [4.69, 9.17) is 5.73 Å². The maximum atomic E-state index is 12.1. The number of thioether (sulfide) groups is 1. The lowest BCUT2D eigenvalue weighted by Gasteiger charge is -2.35. The largest absolute Gasteiger partial charge is 0.323 e. The van der Waals surface area contributed by atoms with E-state index in [9.17, 15) is 13.2 Å². The first kappa shape index (κ1) is 14.8. The van der Waals surface area contributed by atoms with Gasteiger partial charge in [-0.25, -0.2) is 8.42 Å². The van der Waals surface area contributed by atoms with Crippen LogP contribution in [-0.4, -0.2) is 54.9 Å². The van der Waals surface area contributed by atoms with Crippen LogP contribution in [0.5, 0.6) is 0 Å². The third-order valence-corrected chi connectivity index (χ3v) is 5.42. The number of carbonyl (C=O) groups excluding carboxylic acids is 1. The number of hydrogen-bond donors (Lipinski definition) is 1. The maximum Gasteiger partial charge on any atom is 0.240 e. The molecule has 0 aromatic carbocycles. The SMILES string of the molecule is CCC[C@H](N)C(=O)N1CCSCC1S(C)(=O)=O. The summed E-state index contributed by atoms with van der Waals surface area (Å²) in [5.74, 6) is 0.989. The van der Waals surface area contributed by atoms with Crippen molar-refractivity contribution in [2.75, 3.05) is 24.3 Å². The summed E-state index contributed by atoms with van der Waals surface area (Å²) in [6.45, 7) is 2.42. The number of hydrogen-bond acceptors (Lipinski definition) is 5. The normalized spacial score (nSPS) is 23.5. The number of nitrogens with zero attached hydrogens (tertiary/aromatic N) is 1. The lowest BCUT2D eigenvalue weighted by molar-refractivity contribution is -0.133. The molecule has 2 atom stereocenters. The number of rotatable bonds is 4. The van der Waals surface area contributed by atoms with E-state index >= 15 is 0 Å². The van der Waals surface area contributed by atoms with Gasteiger partial charge in [0.05, 0.1) is 6.04 Å². The molecule has 0 radical (unpaired) electrons. The second-order valence-corrected chi connectivity index (χ2v) is 7.64. The zero-order valence-electron chi connectivity index (χ0n) is 10.3. The van der Waals surface area contributed by atoms with Gasteiger partial charge in [-0.15, -0.1) is 0 Å². The van der Waals surface area contributed by atoms with Crippen LogP contribution in [0.25, 0.3) is 0 Å². The molecule has 0 spiro atoms. The zero-order chi connectivity index (χ0) is 13.1. The van der Waals surface area contributed by atoms with Crippen LogP contribution in [0.3, 0.4) is 0 Å². The Morgan fingerprint density at radius 2 is 2.24 bits per heavy atom. The number of carbonyl (C=O) groups is 1. The standard InChI is InChI=1S/C10H20N2O3S2/c1-3-4-8(11)10(13)12-5-6-16-7-9(12)17(2,14)15/h8-9H,3-7,11H2,1-2H3/t8-,9?/m0/s1.